The van der Waals surface area contributed by atoms with Crippen LogP contribution in [-0.2, 0) is 0 Å². The molecule has 16 heavy (non-hydrogen) atoms. The highest BCUT2D eigenvalue weighted by Gasteiger charge is 2.25. The van der Waals surface area contributed by atoms with Crippen LogP contribution < -0.4 is 5.59 Å². The van der Waals surface area contributed by atoms with Gasteiger partial charge in [-0.3, -0.25) is 0 Å². The van der Waals surface area contributed by atoms with Gasteiger partial charge in [-0.15, -0.1) is 0 Å². The Hall–Kier alpha value is -1.54. The SMILES string of the molecule is CC(C)B(C#N)c1cc(Cl)nc2ccnn12. The molecule has 0 aliphatic rings. The Kier molecular flexibility index (Phi) is 2.84. The van der Waals surface area contributed by atoms with Crippen LogP contribution in [0.5, 0.6) is 0 Å². The average Bonchev–Trinajstić information content (AvgIpc) is 2.65. The molecule has 0 bridgehead atoms. The Morgan fingerprint density at radius 2 is 2.31 bits per heavy atom. The Morgan fingerprint density at radius 3 is 2.94 bits per heavy atom. The molecule has 0 aliphatic carbocycles. The van der Waals surface area contributed by atoms with Crippen molar-refractivity contribution in [3.63, 3.8) is 0 Å². The maximum Gasteiger partial charge on any atom is 0.324 e. The second-order valence-electron chi connectivity index (χ2n) is 3.96. The maximum atomic E-state index is 9.18. The molecule has 0 unspecified atom stereocenters. The Bertz CT molecular complexity index is 557. The van der Waals surface area contributed by atoms with Crippen LogP contribution in [0.3, 0.4) is 0 Å². The maximum absolute atomic E-state index is 9.18. The molecule has 2 aromatic heterocycles. The molecule has 0 aromatic carbocycles. The molecule has 0 saturated heterocycles. The zero-order valence-corrected chi connectivity index (χ0v) is 9.81. The van der Waals surface area contributed by atoms with Crippen LogP contribution in [-0.4, -0.2) is 21.3 Å². The summed E-state index contributed by atoms with van der Waals surface area (Å²) in [5, 5.41) is 13.7. The molecule has 2 rings (SSSR count). The molecule has 0 atom stereocenters. The molecular weight excluding hydrogens is 222 g/mol. The van der Waals surface area contributed by atoms with E-state index in [9.17, 15) is 5.26 Å². The van der Waals surface area contributed by atoms with Crippen LogP contribution in [0.25, 0.3) is 5.65 Å². The first-order chi connectivity index (χ1) is 7.63. The number of nitrogens with zero attached hydrogens (tertiary/aromatic N) is 4. The standard InChI is InChI=1S/C10H10BClN4/c1-7(2)11(6-13)8-5-9(12)15-10-3-4-14-16(8)10/h3-5,7H,1-2H3. The lowest BCUT2D eigenvalue weighted by Crippen LogP contribution is -2.37. The van der Waals surface area contributed by atoms with Crippen molar-refractivity contribution >= 4 is 29.6 Å². The van der Waals surface area contributed by atoms with Crippen LogP contribution in [0.4, 0.5) is 0 Å². The number of hydrogen-bond acceptors (Lipinski definition) is 3. The molecule has 0 amide bonds. The minimum absolute atomic E-state index is 0.205. The second-order valence-corrected chi connectivity index (χ2v) is 4.34. The fourth-order valence-electron chi connectivity index (χ4n) is 1.68. The zero-order valence-electron chi connectivity index (χ0n) is 9.05. The Balaban J connectivity index is 2.67. The molecule has 4 nitrogen and oxygen atoms in total. The predicted molar refractivity (Wildman–Crippen MR) is 64.1 cm³/mol. The van der Waals surface area contributed by atoms with Gasteiger partial charge in [0.25, 0.3) is 0 Å². The quantitative estimate of drug-likeness (QED) is 0.583. The van der Waals surface area contributed by atoms with Crippen molar-refractivity contribution in [2.24, 2.45) is 0 Å². The van der Waals surface area contributed by atoms with E-state index in [1.807, 2.05) is 13.8 Å². The summed E-state index contributed by atoms with van der Waals surface area (Å²) in [6, 6.07) is 3.47. The van der Waals surface area contributed by atoms with Gasteiger partial charge in [-0.05, 0) is 11.9 Å². The Morgan fingerprint density at radius 1 is 1.56 bits per heavy atom. The van der Waals surface area contributed by atoms with Gasteiger partial charge in [0.05, 0.1) is 6.20 Å². The minimum Gasteiger partial charge on any atom is -0.227 e. The van der Waals surface area contributed by atoms with Gasteiger partial charge in [-0.2, -0.15) is 5.10 Å². The first kappa shape index (κ1) is 11.0. The van der Waals surface area contributed by atoms with Crippen molar-refractivity contribution < 1.29 is 0 Å². The topological polar surface area (TPSA) is 54.0 Å². The lowest BCUT2D eigenvalue weighted by Gasteiger charge is -2.11. The van der Waals surface area contributed by atoms with Crippen molar-refractivity contribution in [1.29, 1.82) is 5.26 Å². The number of fused-ring (bicyclic) bond motifs is 1. The summed E-state index contributed by atoms with van der Waals surface area (Å²) in [7, 11) is 0. The summed E-state index contributed by atoms with van der Waals surface area (Å²) < 4.78 is 1.67. The molecule has 0 spiro atoms. The van der Waals surface area contributed by atoms with Crippen molar-refractivity contribution in [2.45, 2.75) is 19.7 Å². The average molecular weight is 232 g/mol. The molecule has 6 heteroatoms. The summed E-state index contributed by atoms with van der Waals surface area (Å²) >= 11 is 5.92. The van der Waals surface area contributed by atoms with E-state index in [0.717, 1.165) is 5.59 Å². The highest BCUT2D eigenvalue weighted by Crippen LogP contribution is 2.11. The third-order valence-corrected chi connectivity index (χ3v) is 2.67. The van der Waals surface area contributed by atoms with Crippen molar-refractivity contribution in [1.82, 2.24) is 14.6 Å². The molecule has 0 N–H and O–H groups in total. The molecule has 2 aromatic rings. The fourth-order valence-corrected chi connectivity index (χ4v) is 1.88. The van der Waals surface area contributed by atoms with Crippen LogP contribution in [0, 0.1) is 11.2 Å². The van der Waals surface area contributed by atoms with E-state index in [-0.39, 0.29) is 12.5 Å². The van der Waals surface area contributed by atoms with Crippen molar-refractivity contribution in [2.75, 3.05) is 0 Å². The van der Waals surface area contributed by atoms with Crippen LogP contribution >= 0.6 is 11.6 Å². The first-order valence-electron chi connectivity index (χ1n) is 5.03. The van der Waals surface area contributed by atoms with Gasteiger partial charge in [0, 0.05) is 17.6 Å². The van der Waals surface area contributed by atoms with Crippen LogP contribution in [0.15, 0.2) is 18.3 Å². The molecule has 0 saturated carbocycles. The highest BCUT2D eigenvalue weighted by molar-refractivity contribution is 6.80. The highest BCUT2D eigenvalue weighted by atomic mass is 35.5. The predicted octanol–water partition coefficient (Wildman–Crippen LogP) is 1.56. The summed E-state index contributed by atoms with van der Waals surface area (Å²) in [6.45, 7) is 3.76. The van der Waals surface area contributed by atoms with E-state index in [1.165, 1.54) is 0 Å². The van der Waals surface area contributed by atoms with E-state index in [2.05, 4.69) is 16.1 Å². The first-order valence-corrected chi connectivity index (χ1v) is 5.41. The smallest absolute Gasteiger partial charge is 0.227 e. The number of aromatic nitrogens is 3. The van der Waals surface area contributed by atoms with Crippen molar-refractivity contribution in [3.8, 4) is 5.97 Å². The number of rotatable bonds is 2. The van der Waals surface area contributed by atoms with Gasteiger partial charge in [0.1, 0.15) is 5.15 Å². The lowest BCUT2D eigenvalue weighted by molar-refractivity contribution is 0.955. The molecule has 0 fully saturated rings. The summed E-state index contributed by atoms with van der Waals surface area (Å²) in [6.07, 6.45) is 1.65. The van der Waals surface area contributed by atoms with E-state index >= 15 is 0 Å². The van der Waals surface area contributed by atoms with E-state index in [0.29, 0.717) is 10.8 Å². The van der Waals surface area contributed by atoms with E-state index in [1.54, 1.807) is 22.8 Å². The zero-order chi connectivity index (χ0) is 11.7. The normalized spacial score (nSPS) is 10.7. The second kappa shape index (κ2) is 4.15. The third-order valence-electron chi connectivity index (χ3n) is 2.48. The van der Waals surface area contributed by atoms with Gasteiger partial charge < -0.3 is 0 Å². The van der Waals surface area contributed by atoms with Crippen LogP contribution in [0.2, 0.25) is 11.0 Å². The lowest BCUT2D eigenvalue weighted by atomic mass is 9.41. The number of hydrogen-bond donors (Lipinski definition) is 0. The molecule has 2 heterocycles. The van der Waals surface area contributed by atoms with Gasteiger partial charge in [-0.25, -0.2) is 14.8 Å². The van der Waals surface area contributed by atoms with E-state index in [4.69, 9.17) is 11.6 Å². The van der Waals surface area contributed by atoms with Gasteiger partial charge in [-0.1, -0.05) is 25.4 Å². The summed E-state index contributed by atoms with van der Waals surface area (Å²) in [5.41, 5.74) is 1.46. The fraction of sp³-hybridized carbons (Fsp3) is 0.300. The third kappa shape index (κ3) is 1.77. The molecule has 80 valence electrons. The minimum atomic E-state index is -0.233. The largest absolute Gasteiger partial charge is 0.324 e. The monoisotopic (exact) mass is 232 g/mol. The summed E-state index contributed by atoms with van der Waals surface area (Å²) in [5.74, 6) is 2.48. The van der Waals surface area contributed by atoms with Gasteiger partial charge >= 0.3 is 6.71 Å². The van der Waals surface area contributed by atoms with Gasteiger partial charge in [0.15, 0.2) is 5.65 Å². The molecule has 0 aliphatic heterocycles. The molecule has 0 radical (unpaired) electrons. The number of halogens is 1. The summed E-state index contributed by atoms with van der Waals surface area (Å²) in [4.78, 5) is 4.13. The molecular formula is C10H10BClN4. The van der Waals surface area contributed by atoms with E-state index < -0.39 is 0 Å². The Labute approximate surface area is 98.9 Å². The van der Waals surface area contributed by atoms with Crippen LogP contribution in [0.1, 0.15) is 13.8 Å². The number of nitriles is 1. The van der Waals surface area contributed by atoms with Gasteiger partial charge in [0.2, 0.25) is 0 Å². The van der Waals surface area contributed by atoms with Crippen molar-refractivity contribution in [3.05, 3.63) is 23.5 Å².